The summed E-state index contributed by atoms with van der Waals surface area (Å²) in [5.74, 6) is 0.0483. The third kappa shape index (κ3) is 2.96. The van der Waals surface area contributed by atoms with Crippen LogP contribution in [0.1, 0.15) is 28.7 Å². The van der Waals surface area contributed by atoms with Gasteiger partial charge in [-0.1, -0.05) is 18.2 Å². The first-order valence-electron chi connectivity index (χ1n) is 8.71. The zero-order valence-corrected chi connectivity index (χ0v) is 14.8. The van der Waals surface area contributed by atoms with Crippen LogP contribution in [0.2, 0.25) is 0 Å². The Morgan fingerprint density at radius 2 is 1.92 bits per heavy atom. The monoisotopic (exact) mass is 348 g/mol. The largest absolute Gasteiger partial charge is 0.422 e. The molecular formula is C21H20N2O3. The van der Waals surface area contributed by atoms with Crippen molar-refractivity contribution in [2.45, 2.75) is 33.2 Å². The molecule has 4 rings (SSSR count). The molecule has 0 bridgehead atoms. The number of carbonyl (C=O) groups excluding carboxylic acids is 1. The molecule has 0 aliphatic carbocycles. The lowest BCUT2D eigenvalue weighted by molar-refractivity contribution is -0.116. The number of hydrogen-bond donors (Lipinski definition) is 2. The Morgan fingerprint density at radius 3 is 2.77 bits per heavy atom. The van der Waals surface area contributed by atoms with E-state index in [0.29, 0.717) is 18.5 Å². The van der Waals surface area contributed by atoms with Crippen LogP contribution in [0.4, 0.5) is 11.4 Å². The number of fused-ring (bicyclic) bond motifs is 2. The zero-order chi connectivity index (χ0) is 18.3. The molecule has 2 heterocycles. The fourth-order valence-electron chi connectivity index (χ4n) is 3.35. The molecule has 1 aromatic heterocycles. The van der Waals surface area contributed by atoms with Gasteiger partial charge in [-0.3, -0.25) is 4.79 Å². The van der Waals surface area contributed by atoms with Crippen molar-refractivity contribution in [2.24, 2.45) is 0 Å². The molecule has 5 nitrogen and oxygen atoms in total. The minimum atomic E-state index is -0.347. The Kier molecular flexibility index (Phi) is 3.99. The van der Waals surface area contributed by atoms with Gasteiger partial charge in [-0.05, 0) is 54.7 Å². The quantitative estimate of drug-likeness (QED) is 0.704. The van der Waals surface area contributed by atoms with Gasteiger partial charge >= 0.3 is 5.63 Å². The van der Waals surface area contributed by atoms with Crippen molar-refractivity contribution in [1.29, 1.82) is 0 Å². The Labute approximate surface area is 151 Å². The van der Waals surface area contributed by atoms with E-state index in [9.17, 15) is 9.59 Å². The summed E-state index contributed by atoms with van der Waals surface area (Å²) >= 11 is 0. The first-order valence-corrected chi connectivity index (χ1v) is 8.71. The molecule has 2 aromatic carbocycles. The van der Waals surface area contributed by atoms with Gasteiger partial charge in [0.1, 0.15) is 5.58 Å². The summed E-state index contributed by atoms with van der Waals surface area (Å²) in [4.78, 5) is 23.5. The number of nitrogens with one attached hydrogen (secondary N) is 2. The molecule has 1 amide bonds. The summed E-state index contributed by atoms with van der Waals surface area (Å²) < 4.78 is 5.42. The van der Waals surface area contributed by atoms with E-state index in [2.05, 4.69) is 10.6 Å². The topological polar surface area (TPSA) is 71.3 Å². The summed E-state index contributed by atoms with van der Waals surface area (Å²) in [6.45, 7) is 4.46. The molecule has 3 aromatic rings. The van der Waals surface area contributed by atoms with Gasteiger partial charge in [0.05, 0.1) is 0 Å². The van der Waals surface area contributed by atoms with Gasteiger partial charge in [-0.15, -0.1) is 0 Å². The Bertz CT molecular complexity index is 1080. The van der Waals surface area contributed by atoms with E-state index >= 15 is 0 Å². The van der Waals surface area contributed by atoms with Crippen LogP contribution in [-0.2, 0) is 17.8 Å². The molecule has 0 saturated heterocycles. The van der Waals surface area contributed by atoms with Crippen LogP contribution in [0, 0.1) is 13.8 Å². The predicted molar refractivity (Wildman–Crippen MR) is 103 cm³/mol. The summed E-state index contributed by atoms with van der Waals surface area (Å²) in [6.07, 6.45) is 1.30. The van der Waals surface area contributed by atoms with Gasteiger partial charge in [0.25, 0.3) is 0 Å². The van der Waals surface area contributed by atoms with Gasteiger partial charge < -0.3 is 15.1 Å². The number of anilines is 2. The van der Waals surface area contributed by atoms with Gasteiger partial charge in [-0.2, -0.15) is 0 Å². The summed E-state index contributed by atoms with van der Waals surface area (Å²) in [5, 5.41) is 7.19. The molecule has 0 saturated carbocycles. The summed E-state index contributed by atoms with van der Waals surface area (Å²) in [5.41, 5.74) is 6.17. The van der Waals surface area contributed by atoms with Gasteiger partial charge in [0.2, 0.25) is 5.91 Å². The number of amides is 1. The standard InChI is InChI=1S/C21H20N2O3/c1-12-3-7-17-15(9-20(25)26-21(17)13(12)2)11-22-16-6-4-14-5-8-19(24)23-18(14)10-16/h3-4,6-7,9-10,22H,5,8,11H2,1-2H3,(H,23,24). The van der Waals surface area contributed by atoms with Gasteiger partial charge in [0.15, 0.2) is 0 Å². The highest BCUT2D eigenvalue weighted by molar-refractivity contribution is 5.94. The highest BCUT2D eigenvalue weighted by atomic mass is 16.4. The van der Waals surface area contributed by atoms with Crippen LogP contribution in [0.5, 0.6) is 0 Å². The maximum atomic E-state index is 12.0. The minimum Gasteiger partial charge on any atom is -0.422 e. The van der Waals surface area contributed by atoms with Crippen LogP contribution < -0.4 is 16.3 Å². The predicted octanol–water partition coefficient (Wildman–Crippen LogP) is 3.91. The van der Waals surface area contributed by atoms with E-state index < -0.39 is 0 Å². The molecule has 5 heteroatoms. The molecular weight excluding hydrogens is 328 g/mol. The lowest BCUT2D eigenvalue weighted by Crippen LogP contribution is -2.19. The van der Waals surface area contributed by atoms with Crippen LogP contribution in [-0.4, -0.2) is 5.91 Å². The maximum absolute atomic E-state index is 12.0. The van der Waals surface area contributed by atoms with E-state index in [-0.39, 0.29) is 11.5 Å². The van der Waals surface area contributed by atoms with Gasteiger partial charge in [0, 0.05) is 35.8 Å². The second kappa shape index (κ2) is 6.33. The molecule has 132 valence electrons. The highest BCUT2D eigenvalue weighted by Crippen LogP contribution is 2.27. The van der Waals surface area contributed by atoms with Crippen molar-refractivity contribution in [1.82, 2.24) is 0 Å². The molecule has 1 aliphatic rings. The maximum Gasteiger partial charge on any atom is 0.336 e. The fourth-order valence-corrected chi connectivity index (χ4v) is 3.35. The lowest BCUT2D eigenvalue weighted by atomic mass is 10.0. The molecule has 2 N–H and O–H groups in total. The van der Waals surface area contributed by atoms with E-state index in [0.717, 1.165) is 45.4 Å². The average molecular weight is 348 g/mol. The molecule has 26 heavy (non-hydrogen) atoms. The first kappa shape index (κ1) is 16.4. The van der Waals surface area contributed by atoms with E-state index in [4.69, 9.17) is 4.42 Å². The molecule has 1 aliphatic heterocycles. The number of benzene rings is 2. The van der Waals surface area contributed by atoms with E-state index in [1.54, 1.807) is 0 Å². The smallest absolute Gasteiger partial charge is 0.336 e. The normalized spacial score (nSPS) is 13.4. The molecule has 0 atom stereocenters. The van der Waals surface area contributed by atoms with Crippen LogP contribution in [0.15, 0.2) is 45.6 Å². The molecule has 0 spiro atoms. The fraction of sp³-hybridized carbons (Fsp3) is 0.238. The van der Waals surface area contributed by atoms with Crippen LogP contribution >= 0.6 is 0 Å². The summed E-state index contributed by atoms with van der Waals surface area (Å²) in [6, 6.07) is 11.5. The minimum absolute atomic E-state index is 0.0483. The third-order valence-electron chi connectivity index (χ3n) is 5.01. The van der Waals surface area contributed by atoms with Crippen molar-refractivity contribution in [2.75, 3.05) is 10.6 Å². The molecule has 0 fully saturated rings. The van der Waals surface area contributed by atoms with Crippen molar-refractivity contribution < 1.29 is 9.21 Å². The molecule has 0 unspecified atom stereocenters. The van der Waals surface area contributed by atoms with E-state index in [1.807, 2.05) is 44.2 Å². The van der Waals surface area contributed by atoms with Crippen LogP contribution in [0.3, 0.4) is 0 Å². The second-order valence-electron chi connectivity index (χ2n) is 6.75. The SMILES string of the molecule is Cc1ccc2c(CNc3ccc4c(c3)NC(=O)CC4)cc(=O)oc2c1C. The number of hydrogen-bond acceptors (Lipinski definition) is 4. The van der Waals surface area contributed by atoms with Crippen molar-refractivity contribution in [3.63, 3.8) is 0 Å². The summed E-state index contributed by atoms with van der Waals surface area (Å²) in [7, 11) is 0. The van der Waals surface area contributed by atoms with Crippen LogP contribution in [0.25, 0.3) is 11.0 Å². The number of carbonyl (C=O) groups is 1. The van der Waals surface area contributed by atoms with E-state index in [1.165, 1.54) is 6.07 Å². The second-order valence-corrected chi connectivity index (χ2v) is 6.75. The average Bonchev–Trinajstić information content (AvgIpc) is 2.62. The Balaban J connectivity index is 1.64. The highest BCUT2D eigenvalue weighted by Gasteiger charge is 2.15. The zero-order valence-electron chi connectivity index (χ0n) is 14.8. The Hall–Kier alpha value is -3.08. The molecule has 0 radical (unpaired) electrons. The number of rotatable bonds is 3. The Morgan fingerprint density at radius 1 is 1.08 bits per heavy atom. The van der Waals surface area contributed by atoms with Gasteiger partial charge in [-0.25, -0.2) is 4.79 Å². The lowest BCUT2D eigenvalue weighted by Gasteiger charge is -2.18. The van der Waals surface area contributed by atoms with Crippen molar-refractivity contribution >= 4 is 28.3 Å². The number of aryl methyl sites for hydroxylation is 3. The van der Waals surface area contributed by atoms with Crippen molar-refractivity contribution in [3.05, 3.63) is 69.1 Å². The first-order chi connectivity index (χ1) is 12.5. The van der Waals surface area contributed by atoms with Crippen molar-refractivity contribution in [3.8, 4) is 0 Å². The third-order valence-corrected chi connectivity index (χ3v) is 5.01.